The van der Waals surface area contributed by atoms with Gasteiger partial charge in [-0.15, -0.1) is 0 Å². The third-order valence-corrected chi connectivity index (χ3v) is 8.12. The number of benzene rings is 2. The van der Waals surface area contributed by atoms with Crippen LogP contribution in [0.25, 0.3) is 0 Å². The average Bonchev–Trinajstić information content (AvgIpc) is 2.74. The van der Waals surface area contributed by atoms with Gasteiger partial charge in [0.05, 0.1) is 0 Å². The zero-order valence-corrected chi connectivity index (χ0v) is 21.3. The van der Waals surface area contributed by atoms with Crippen molar-refractivity contribution in [3.63, 3.8) is 0 Å². The second kappa shape index (κ2) is 9.92. The third-order valence-electron chi connectivity index (χ3n) is 8.12. The lowest BCUT2D eigenvalue weighted by atomic mass is 9.56. The van der Waals surface area contributed by atoms with Crippen molar-refractivity contribution in [3.05, 3.63) is 88.0 Å². The summed E-state index contributed by atoms with van der Waals surface area (Å²) in [4.78, 5) is 0. The van der Waals surface area contributed by atoms with Crippen molar-refractivity contribution in [1.29, 1.82) is 0 Å². The van der Waals surface area contributed by atoms with Crippen molar-refractivity contribution in [3.8, 4) is 0 Å². The second-order valence-electron chi connectivity index (χ2n) is 11.5. The van der Waals surface area contributed by atoms with E-state index in [1.54, 1.807) is 22.3 Å². The van der Waals surface area contributed by atoms with Crippen LogP contribution in [0.4, 0.5) is 5.69 Å². The fourth-order valence-electron chi connectivity index (χ4n) is 6.45. The first kappa shape index (κ1) is 23.9. The van der Waals surface area contributed by atoms with E-state index in [2.05, 4.69) is 64.6 Å². The fourth-order valence-corrected chi connectivity index (χ4v) is 6.45. The molecule has 2 atom stereocenters. The number of anilines is 1. The molecule has 0 aromatic heterocycles. The molecule has 2 unspecified atom stereocenters. The van der Waals surface area contributed by atoms with Gasteiger partial charge in [-0.1, -0.05) is 81.7 Å². The van der Waals surface area contributed by atoms with Crippen molar-refractivity contribution in [2.45, 2.75) is 91.4 Å². The molecule has 4 rings (SSSR count). The minimum absolute atomic E-state index is 0.356. The molecule has 0 fully saturated rings. The summed E-state index contributed by atoms with van der Waals surface area (Å²) in [5, 5.41) is 0. The maximum Gasteiger partial charge on any atom is 0.0314 e. The summed E-state index contributed by atoms with van der Waals surface area (Å²) in [5.74, 6) is 1.39. The number of hydrogen-bond acceptors (Lipinski definition) is 1. The standard InChI is InChI=1S/C32H43N/c1-6-7-8-9-25-19-26(17-23(3)16-24-11-13-28(33)14-12-24)31-27(20-25)21-32(4,5)30-15-10-22(2)18-29(30)31/h10-14,19-20,29-30H,3,6-9,15-18,21,33H2,1-2,4-5H3. The molecule has 0 saturated heterocycles. The lowest BCUT2D eigenvalue weighted by molar-refractivity contribution is 0.151. The summed E-state index contributed by atoms with van der Waals surface area (Å²) in [5.41, 5.74) is 17.6. The SMILES string of the molecule is C=C(Cc1ccc(N)cc1)Cc1cc(CCCCC)cc2c1C1CC(C)=CCC1C(C)(C)C2. The Hall–Kier alpha value is -2.28. The molecule has 1 nitrogen and oxygen atoms in total. The lowest BCUT2D eigenvalue weighted by Crippen LogP contribution is -2.38. The number of hydrogen-bond donors (Lipinski definition) is 1. The number of nitrogens with two attached hydrogens (primary N) is 1. The predicted molar refractivity (Wildman–Crippen MR) is 144 cm³/mol. The van der Waals surface area contributed by atoms with Gasteiger partial charge in [0, 0.05) is 5.69 Å². The third kappa shape index (κ3) is 5.45. The van der Waals surface area contributed by atoms with Crippen LogP contribution >= 0.6 is 0 Å². The van der Waals surface area contributed by atoms with E-state index >= 15 is 0 Å². The van der Waals surface area contributed by atoms with E-state index in [4.69, 9.17) is 5.73 Å². The molecule has 2 N–H and O–H groups in total. The van der Waals surface area contributed by atoms with Gasteiger partial charge >= 0.3 is 0 Å². The monoisotopic (exact) mass is 441 g/mol. The van der Waals surface area contributed by atoms with Crippen molar-refractivity contribution >= 4 is 5.69 Å². The van der Waals surface area contributed by atoms with E-state index in [0.717, 1.165) is 24.4 Å². The summed E-state index contributed by atoms with van der Waals surface area (Å²) in [7, 11) is 0. The smallest absolute Gasteiger partial charge is 0.0314 e. The number of nitrogen functional groups attached to an aromatic ring is 1. The molecule has 0 heterocycles. The Labute approximate surface area is 202 Å². The number of unbranched alkanes of at least 4 members (excludes halogenated alkanes) is 2. The van der Waals surface area contributed by atoms with Gasteiger partial charge < -0.3 is 5.73 Å². The van der Waals surface area contributed by atoms with E-state index in [1.807, 2.05) is 12.1 Å². The molecule has 0 bridgehead atoms. The Balaban J connectivity index is 1.68. The maximum absolute atomic E-state index is 5.89. The molecule has 2 aliphatic carbocycles. The number of allylic oxidation sites excluding steroid dienone is 3. The van der Waals surface area contributed by atoms with Crippen molar-refractivity contribution in [2.75, 3.05) is 5.73 Å². The molecule has 176 valence electrons. The second-order valence-corrected chi connectivity index (χ2v) is 11.5. The Morgan fingerprint density at radius 2 is 1.82 bits per heavy atom. The van der Waals surface area contributed by atoms with Crippen molar-refractivity contribution < 1.29 is 0 Å². The Kier molecular flexibility index (Phi) is 7.17. The largest absolute Gasteiger partial charge is 0.399 e. The highest BCUT2D eigenvalue weighted by atomic mass is 14.5. The van der Waals surface area contributed by atoms with E-state index in [-0.39, 0.29) is 0 Å². The van der Waals surface area contributed by atoms with Crippen molar-refractivity contribution in [2.24, 2.45) is 11.3 Å². The molecular formula is C32H43N. The molecular weight excluding hydrogens is 398 g/mol. The minimum atomic E-state index is 0.356. The van der Waals surface area contributed by atoms with Gasteiger partial charge in [0.25, 0.3) is 0 Å². The first-order chi connectivity index (χ1) is 15.8. The van der Waals surface area contributed by atoms with Gasteiger partial charge in [0.1, 0.15) is 0 Å². The maximum atomic E-state index is 5.89. The van der Waals surface area contributed by atoms with Crippen LogP contribution in [-0.2, 0) is 25.7 Å². The summed E-state index contributed by atoms with van der Waals surface area (Å²) >= 11 is 0. The molecule has 0 saturated carbocycles. The predicted octanol–water partition coefficient (Wildman–Crippen LogP) is 8.37. The molecule has 2 aliphatic rings. The molecule has 2 aromatic carbocycles. The van der Waals surface area contributed by atoms with Gasteiger partial charge in [0.15, 0.2) is 0 Å². The van der Waals surface area contributed by atoms with Crippen LogP contribution in [0.1, 0.15) is 93.5 Å². The molecule has 2 aromatic rings. The topological polar surface area (TPSA) is 26.0 Å². The van der Waals surface area contributed by atoms with E-state index < -0.39 is 0 Å². The number of rotatable bonds is 8. The first-order valence-corrected chi connectivity index (χ1v) is 13.1. The van der Waals surface area contributed by atoms with Gasteiger partial charge in [-0.3, -0.25) is 0 Å². The molecule has 1 heteroatoms. The highest BCUT2D eigenvalue weighted by Gasteiger charge is 2.43. The zero-order chi connectivity index (χ0) is 23.6. The summed E-state index contributed by atoms with van der Waals surface area (Å²) in [6.07, 6.45) is 13.1. The highest BCUT2D eigenvalue weighted by molar-refractivity contribution is 5.48. The summed E-state index contributed by atoms with van der Waals surface area (Å²) in [6.45, 7) is 14.2. The molecule has 0 aliphatic heterocycles. The highest BCUT2D eigenvalue weighted by Crippen LogP contribution is 2.54. The fraction of sp³-hybridized carbons (Fsp3) is 0.500. The van der Waals surface area contributed by atoms with Crippen LogP contribution in [0.5, 0.6) is 0 Å². The number of fused-ring (bicyclic) bond motifs is 3. The van der Waals surface area contributed by atoms with Gasteiger partial charge in [-0.05, 0) is 109 Å². The Morgan fingerprint density at radius 3 is 2.55 bits per heavy atom. The van der Waals surface area contributed by atoms with Crippen LogP contribution in [-0.4, -0.2) is 0 Å². The summed E-state index contributed by atoms with van der Waals surface area (Å²) in [6, 6.07) is 13.4. The quantitative estimate of drug-likeness (QED) is 0.248. The normalized spacial score (nSPS) is 21.2. The molecule has 0 spiro atoms. The van der Waals surface area contributed by atoms with Crippen molar-refractivity contribution in [1.82, 2.24) is 0 Å². The van der Waals surface area contributed by atoms with E-state index in [0.29, 0.717) is 11.3 Å². The van der Waals surface area contributed by atoms with Gasteiger partial charge in [-0.25, -0.2) is 0 Å². The van der Waals surface area contributed by atoms with Crippen LogP contribution in [0, 0.1) is 11.3 Å². The van der Waals surface area contributed by atoms with Gasteiger partial charge in [0.2, 0.25) is 0 Å². The molecule has 33 heavy (non-hydrogen) atoms. The van der Waals surface area contributed by atoms with E-state index in [1.165, 1.54) is 61.6 Å². The zero-order valence-electron chi connectivity index (χ0n) is 21.3. The number of aryl methyl sites for hydroxylation is 1. The summed E-state index contributed by atoms with van der Waals surface area (Å²) < 4.78 is 0. The molecule has 0 amide bonds. The molecule has 0 radical (unpaired) electrons. The minimum Gasteiger partial charge on any atom is -0.399 e. The van der Waals surface area contributed by atoms with Crippen LogP contribution in [0.2, 0.25) is 0 Å². The van der Waals surface area contributed by atoms with Gasteiger partial charge in [-0.2, -0.15) is 0 Å². The Bertz CT molecular complexity index is 1020. The van der Waals surface area contributed by atoms with E-state index in [9.17, 15) is 0 Å². The Morgan fingerprint density at radius 1 is 1.06 bits per heavy atom. The lowest BCUT2D eigenvalue weighted by Gasteiger charge is -2.48. The first-order valence-electron chi connectivity index (χ1n) is 13.1. The van der Waals surface area contributed by atoms with Crippen LogP contribution < -0.4 is 5.73 Å². The van der Waals surface area contributed by atoms with Crippen LogP contribution in [0.3, 0.4) is 0 Å². The average molecular weight is 442 g/mol. The van der Waals surface area contributed by atoms with Crippen LogP contribution in [0.15, 0.2) is 60.2 Å².